The lowest BCUT2D eigenvalue weighted by Gasteiger charge is -2.25. The van der Waals surface area contributed by atoms with Gasteiger partial charge in [-0.2, -0.15) is 0 Å². The Morgan fingerprint density at radius 2 is 1.38 bits per heavy atom. The predicted molar refractivity (Wildman–Crippen MR) is 152 cm³/mol. The van der Waals surface area contributed by atoms with Crippen LogP contribution in [0.3, 0.4) is 0 Å². The molecule has 0 bridgehead atoms. The van der Waals surface area contributed by atoms with E-state index >= 15 is 0 Å². The van der Waals surface area contributed by atoms with Gasteiger partial charge in [0.1, 0.15) is 18.0 Å². The molecule has 4 aromatic carbocycles. The van der Waals surface area contributed by atoms with Crippen molar-refractivity contribution < 1.29 is 27.4 Å². The van der Waals surface area contributed by atoms with Crippen molar-refractivity contribution in [1.29, 1.82) is 0 Å². The van der Waals surface area contributed by atoms with Crippen molar-refractivity contribution in [2.24, 2.45) is 0 Å². The van der Waals surface area contributed by atoms with Crippen LogP contribution in [0.4, 0.5) is 11.4 Å². The lowest BCUT2D eigenvalue weighted by molar-refractivity contribution is -0.114. The molecule has 8 nitrogen and oxygen atoms in total. The summed E-state index contributed by atoms with van der Waals surface area (Å²) >= 11 is 0. The molecule has 0 heterocycles. The fourth-order valence-electron chi connectivity index (χ4n) is 4.08. The monoisotopic (exact) mass is 546 g/mol. The standard InChI is InChI=1S/C30H30N2O6S/c1-21-16-22(2)18-24(17-21)32(39(34,35)27-14-15-28(36-3)29(19-27)37-4)20-30(33)31-23-10-12-26(13-11-23)38-25-8-6-5-7-9-25/h5-19H,20H2,1-4H3,(H,31,33). The van der Waals surface area contributed by atoms with Crippen LogP contribution in [0.1, 0.15) is 11.1 Å². The summed E-state index contributed by atoms with van der Waals surface area (Å²) < 4.78 is 45.2. The maximum Gasteiger partial charge on any atom is 0.264 e. The zero-order valence-corrected chi connectivity index (χ0v) is 23.0. The van der Waals surface area contributed by atoms with Gasteiger partial charge in [-0.1, -0.05) is 24.3 Å². The van der Waals surface area contributed by atoms with Crippen LogP contribution < -0.4 is 23.8 Å². The molecule has 1 amide bonds. The summed E-state index contributed by atoms with van der Waals surface area (Å²) in [6, 6.07) is 25.9. The number of ether oxygens (including phenoxy) is 3. The third kappa shape index (κ3) is 6.69. The third-order valence-corrected chi connectivity index (χ3v) is 7.61. The molecule has 0 aliphatic rings. The number of nitrogens with zero attached hydrogens (tertiary/aromatic N) is 1. The Balaban J connectivity index is 1.59. The predicted octanol–water partition coefficient (Wildman–Crippen LogP) is 5.95. The highest BCUT2D eigenvalue weighted by atomic mass is 32.2. The zero-order valence-electron chi connectivity index (χ0n) is 22.2. The second-order valence-electron chi connectivity index (χ2n) is 8.86. The summed E-state index contributed by atoms with van der Waals surface area (Å²) in [5.41, 5.74) is 2.62. The average molecular weight is 547 g/mol. The molecule has 0 aromatic heterocycles. The Bertz CT molecular complexity index is 1530. The van der Waals surface area contributed by atoms with Crippen molar-refractivity contribution in [1.82, 2.24) is 0 Å². The normalized spacial score (nSPS) is 11.0. The van der Waals surface area contributed by atoms with E-state index in [1.54, 1.807) is 36.4 Å². The number of aryl methyl sites for hydroxylation is 2. The minimum Gasteiger partial charge on any atom is -0.493 e. The van der Waals surface area contributed by atoms with Crippen LogP contribution in [-0.4, -0.2) is 35.1 Å². The van der Waals surface area contributed by atoms with E-state index < -0.39 is 22.5 Å². The summed E-state index contributed by atoms with van der Waals surface area (Å²) in [5, 5.41) is 2.78. The van der Waals surface area contributed by atoms with E-state index in [1.807, 2.05) is 50.2 Å². The molecule has 0 saturated carbocycles. The summed E-state index contributed by atoms with van der Waals surface area (Å²) in [6.07, 6.45) is 0. The molecule has 9 heteroatoms. The van der Waals surface area contributed by atoms with Crippen LogP contribution in [0.2, 0.25) is 0 Å². The van der Waals surface area contributed by atoms with Crippen molar-refractivity contribution in [2.45, 2.75) is 18.7 Å². The van der Waals surface area contributed by atoms with E-state index in [1.165, 1.54) is 32.4 Å². The van der Waals surface area contributed by atoms with E-state index in [4.69, 9.17) is 14.2 Å². The van der Waals surface area contributed by atoms with Crippen molar-refractivity contribution in [3.63, 3.8) is 0 Å². The maximum atomic E-state index is 13.9. The Morgan fingerprint density at radius 1 is 0.769 bits per heavy atom. The van der Waals surface area contributed by atoms with Gasteiger partial charge in [-0.25, -0.2) is 8.42 Å². The Morgan fingerprint density at radius 3 is 2.00 bits per heavy atom. The lowest BCUT2D eigenvalue weighted by atomic mass is 10.1. The highest BCUT2D eigenvalue weighted by molar-refractivity contribution is 7.92. The van der Waals surface area contributed by atoms with Crippen LogP contribution >= 0.6 is 0 Å². The van der Waals surface area contributed by atoms with Gasteiger partial charge in [-0.05, 0) is 85.6 Å². The topological polar surface area (TPSA) is 94.2 Å². The van der Waals surface area contributed by atoms with Crippen molar-refractivity contribution >= 4 is 27.3 Å². The molecule has 4 rings (SSSR count). The van der Waals surface area contributed by atoms with Crippen LogP contribution in [0.25, 0.3) is 0 Å². The number of para-hydroxylation sites is 1. The summed E-state index contributed by atoms with van der Waals surface area (Å²) in [7, 11) is -1.26. The van der Waals surface area contributed by atoms with Crippen LogP contribution in [0, 0.1) is 13.8 Å². The quantitative estimate of drug-likeness (QED) is 0.264. The smallest absolute Gasteiger partial charge is 0.264 e. The van der Waals surface area contributed by atoms with Gasteiger partial charge in [0.2, 0.25) is 5.91 Å². The number of nitrogens with one attached hydrogen (secondary N) is 1. The number of methoxy groups -OCH3 is 2. The Kier molecular flexibility index (Phi) is 8.41. The van der Waals surface area contributed by atoms with Gasteiger partial charge in [0, 0.05) is 11.8 Å². The number of hydrogen-bond acceptors (Lipinski definition) is 6. The number of amides is 1. The molecule has 0 atom stereocenters. The Labute approximate surface area is 228 Å². The largest absolute Gasteiger partial charge is 0.493 e. The van der Waals surface area contributed by atoms with Crippen molar-refractivity contribution in [2.75, 3.05) is 30.4 Å². The summed E-state index contributed by atoms with van der Waals surface area (Å²) in [4.78, 5) is 13.1. The first-order chi connectivity index (χ1) is 18.7. The molecule has 0 fully saturated rings. The zero-order chi connectivity index (χ0) is 28.0. The average Bonchev–Trinajstić information content (AvgIpc) is 2.92. The highest BCUT2D eigenvalue weighted by Crippen LogP contribution is 2.33. The summed E-state index contributed by atoms with van der Waals surface area (Å²) in [5.74, 6) is 1.45. The molecule has 0 radical (unpaired) electrons. The minimum absolute atomic E-state index is 0.0328. The van der Waals surface area contributed by atoms with Gasteiger partial charge < -0.3 is 19.5 Å². The number of carbonyl (C=O) groups excluding carboxylic acids is 1. The van der Waals surface area contributed by atoms with E-state index in [9.17, 15) is 13.2 Å². The van der Waals surface area contributed by atoms with Gasteiger partial charge in [-0.15, -0.1) is 0 Å². The van der Waals surface area contributed by atoms with Crippen molar-refractivity contribution in [3.05, 3.63) is 102 Å². The second-order valence-corrected chi connectivity index (χ2v) is 10.7. The number of carbonyl (C=O) groups is 1. The third-order valence-electron chi connectivity index (χ3n) is 5.84. The molecular formula is C30H30N2O6S. The first-order valence-corrected chi connectivity index (χ1v) is 13.6. The van der Waals surface area contributed by atoms with Crippen LogP contribution in [0.5, 0.6) is 23.0 Å². The number of rotatable bonds is 10. The van der Waals surface area contributed by atoms with Gasteiger partial charge in [0.25, 0.3) is 10.0 Å². The second kappa shape index (κ2) is 11.9. The lowest BCUT2D eigenvalue weighted by Crippen LogP contribution is -2.38. The van der Waals surface area contributed by atoms with E-state index in [0.29, 0.717) is 28.6 Å². The molecule has 0 aliphatic carbocycles. The summed E-state index contributed by atoms with van der Waals surface area (Å²) in [6.45, 7) is 3.30. The van der Waals surface area contributed by atoms with Gasteiger partial charge >= 0.3 is 0 Å². The fourth-order valence-corrected chi connectivity index (χ4v) is 5.50. The molecule has 39 heavy (non-hydrogen) atoms. The molecule has 0 aliphatic heterocycles. The van der Waals surface area contributed by atoms with Gasteiger partial charge in [0.05, 0.1) is 24.8 Å². The van der Waals surface area contributed by atoms with Crippen molar-refractivity contribution in [3.8, 4) is 23.0 Å². The SMILES string of the molecule is COc1ccc(S(=O)(=O)N(CC(=O)Nc2ccc(Oc3ccccc3)cc2)c2cc(C)cc(C)c2)cc1OC. The molecule has 0 spiro atoms. The molecule has 202 valence electrons. The maximum absolute atomic E-state index is 13.9. The first-order valence-electron chi connectivity index (χ1n) is 12.2. The number of hydrogen-bond donors (Lipinski definition) is 1. The molecule has 1 N–H and O–H groups in total. The molecule has 0 unspecified atom stereocenters. The number of benzene rings is 4. The van der Waals surface area contributed by atoms with Crippen LogP contribution in [-0.2, 0) is 14.8 Å². The number of sulfonamides is 1. The van der Waals surface area contributed by atoms with E-state index in [2.05, 4.69) is 5.32 Å². The highest BCUT2D eigenvalue weighted by Gasteiger charge is 2.29. The molecular weight excluding hydrogens is 516 g/mol. The minimum atomic E-state index is -4.16. The van der Waals surface area contributed by atoms with Gasteiger partial charge in [0.15, 0.2) is 11.5 Å². The molecule has 4 aromatic rings. The Hall–Kier alpha value is -4.50. The van der Waals surface area contributed by atoms with E-state index in [0.717, 1.165) is 15.4 Å². The fraction of sp³-hybridized carbons (Fsp3) is 0.167. The van der Waals surface area contributed by atoms with Gasteiger partial charge in [-0.3, -0.25) is 9.10 Å². The van der Waals surface area contributed by atoms with E-state index in [-0.39, 0.29) is 10.6 Å². The number of anilines is 2. The molecule has 0 saturated heterocycles. The van der Waals surface area contributed by atoms with Crippen LogP contribution in [0.15, 0.2) is 95.9 Å². The first kappa shape index (κ1) is 27.5.